The van der Waals surface area contributed by atoms with Crippen LogP contribution in [0.3, 0.4) is 0 Å². The van der Waals surface area contributed by atoms with Crippen molar-refractivity contribution in [3.63, 3.8) is 0 Å². The predicted octanol–water partition coefficient (Wildman–Crippen LogP) is 1.69. The Bertz CT molecular complexity index is 468. The summed E-state index contributed by atoms with van der Waals surface area (Å²) in [4.78, 5) is 7.53. The van der Waals surface area contributed by atoms with Crippen LogP contribution in [-0.2, 0) is 0 Å². The van der Waals surface area contributed by atoms with Crippen LogP contribution in [0.4, 0.5) is 0 Å². The van der Waals surface area contributed by atoms with Crippen molar-refractivity contribution in [2.24, 2.45) is 0 Å². The summed E-state index contributed by atoms with van der Waals surface area (Å²) in [5, 5.41) is 19.1. The molecule has 0 fully saturated rings. The fourth-order valence-electron chi connectivity index (χ4n) is 1.05. The number of rotatable bonds is 0. The van der Waals surface area contributed by atoms with E-state index in [-0.39, 0.29) is 16.7 Å². The summed E-state index contributed by atoms with van der Waals surface area (Å²) in [6, 6.07) is 1.31. The van der Waals surface area contributed by atoms with Gasteiger partial charge in [-0.05, 0) is 0 Å². The molecule has 5 heteroatoms. The van der Waals surface area contributed by atoms with Crippen LogP contribution < -0.4 is 0 Å². The second-order valence-corrected chi connectivity index (χ2v) is 2.92. The van der Waals surface area contributed by atoms with Crippen LogP contribution in [0, 0.1) is 0 Å². The zero-order valence-electron chi connectivity index (χ0n) is 6.40. The first kappa shape index (κ1) is 8.07. The van der Waals surface area contributed by atoms with Crippen LogP contribution in [0.1, 0.15) is 0 Å². The maximum Gasteiger partial charge on any atom is 0.211 e. The quantitative estimate of drug-likeness (QED) is 0.673. The molecular weight excluding hydrogens is 192 g/mol. The molecule has 0 aliphatic carbocycles. The molecule has 0 aliphatic rings. The minimum Gasteiger partial charge on any atom is -0.506 e. The fraction of sp³-hybridized carbons (Fsp3) is 0. The van der Waals surface area contributed by atoms with E-state index in [0.717, 1.165) is 0 Å². The van der Waals surface area contributed by atoms with Gasteiger partial charge in [0.05, 0.1) is 23.3 Å². The molecule has 0 saturated heterocycles. The largest absolute Gasteiger partial charge is 0.506 e. The van der Waals surface area contributed by atoms with E-state index < -0.39 is 0 Å². The van der Waals surface area contributed by atoms with Gasteiger partial charge in [-0.15, -0.1) is 0 Å². The van der Waals surface area contributed by atoms with E-state index in [1.165, 1.54) is 18.5 Å². The lowest BCUT2D eigenvalue weighted by Crippen LogP contribution is -1.82. The Labute approximate surface area is 78.4 Å². The molecule has 0 aliphatic heterocycles. The van der Waals surface area contributed by atoms with Crippen molar-refractivity contribution in [3.8, 4) is 11.6 Å². The molecule has 0 amide bonds. The fourth-order valence-corrected chi connectivity index (χ4v) is 1.20. The third kappa shape index (κ3) is 1.25. The molecule has 13 heavy (non-hydrogen) atoms. The molecule has 0 spiro atoms. The van der Waals surface area contributed by atoms with Gasteiger partial charge in [-0.2, -0.15) is 0 Å². The summed E-state index contributed by atoms with van der Waals surface area (Å²) in [7, 11) is 0. The number of halogens is 1. The Balaban J connectivity index is 2.89. The lowest BCUT2D eigenvalue weighted by molar-refractivity contribution is 0.452. The second-order valence-electron chi connectivity index (χ2n) is 2.51. The monoisotopic (exact) mass is 196 g/mol. The van der Waals surface area contributed by atoms with Gasteiger partial charge < -0.3 is 10.2 Å². The molecule has 2 aromatic heterocycles. The van der Waals surface area contributed by atoms with Crippen molar-refractivity contribution in [1.29, 1.82) is 0 Å². The SMILES string of the molecule is Oc1cc2c(O)c(Cl)cnc2cn1. The lowest BCUT2D eigenvalue weighted by atomic mass is 10.2. The first-order valence-electron chi connectivity index (χ1n) is 3.50. The zero-order valence-corrected chi connectivity index (χ0v) is 7.15. The number of nitrogens with zero attached hydrogens (tertiary/aromatic N) is 2. The van der Waals surface area contributed by atoms with Crippen molar-refractivity contribution >= 4 is 22.5 Å². The molecule has 2 N–H and O–H groups in total. The molecule has 66 valence electrons. The van der Waals surface area contributed by atoms with Crippen LogP contribution in [-0.4, -0.2) is 20.2 Å². The highest BCUT2D eigenvalue weighted by Gasteiger charge is 2.06. The zero-order chi connectivity index (χ0) is 9.42. The number of hydrogen-bond donors (Lipinski definition) is 2. The number of fused-ring (bicyclic) bond motifs is 1. The number of pyridine rings is 2. The molecular formula is C8H5ClN2O2. The molecule has 0 atom stereocenters. The maximum atomic E-state index is 9.47. The van der Waals surface area contributed by atoms with Gasteiger partial charge in [-0.25, -0.2) is 4.98 Å². The predicted molar refractivity (Wildman–Crippen MR) is 47.9 cm³/mol. The molecule has 0 aromatic carbocycles. The normalized spacial score (nSPS) is 10.5. The van der Waals surface area contributed by atoms with Gasteiger partial charge in [0.1, 0.15) is 10.8 Å². The van der Waals surface area contributed by atoms with Crippen molar-refractivity contribution in [3.05, 3.63) is 23.5 Å². The van der Waals surface area contributed by atoms with Crippen LogP contribution in [0.5, 0.6) is 11.6 Å². The molecule has 0 unspecified atom stereocenters. The molecule has 0 bridgehead atoms. The maximum absolute atomic E-state index is 9.47. The van der Waals surface area contributed by atoms with Crippen LogP contribution in [0.15, 0.2) is 18.5 Å². The van der Waals surface area contributed by atoms with E-state index in [1.807, 2.05) is 0 Å². The van der Waals surface area contributed by atoms with Crippen molar-refractivity contribution in [1.82, 2.24) is 9.97 Å². The van der Waals surface area contributed by atoms with E-state index in [4.69, 9.17) is 16.7 Å². The topological polar surface area (TPSA) is 66.2 Å². The van der Waals surface area contributed by atoms with E-state index in [1.54, 1.807) is 0 Å². The van der Waals surface area contributed by atoms with Gasteiger partial charge >= 0.3 is 0 Å². The van der Waals surface area contributed by atoms with E-state index in [9.17, 15) is 5.11 Å². The second kappa shape index (κ2) is 2.74. The van der Waals surface area contributed by atoms with E-state index in [0.29, 0.717) is 10.9 Å². The third-order valence-corrected chi connectivity index (χ3v) is 1.94. The van der Waals surface area contributed by atoms with Crippen LogP contribution >= 0.6 is 11.6 Å². The van der Waals surface area contributed by atoms with Crippen LogP contribution in [0.2, 0.25) is 5.02 Å². The van der Waals surface area contributed by atoms with E-state index >= 15 is 0 Å². The Morgan fingerprint density at radius 1 is 1.15 bits per heavy atom. The lowest BCUT2D eigenvalue weighted by Gasteiger charge is -2.01. The highest BCUT2D eigenvalue weighted by molar-refractivity contribution is 6.32. The minimum atomic E-state index is -0.174. The van der Waals surface area contributed by atoms with Gasteiger partial charge in [0.2, 0.25) is 5.88 Å². The van der Waals surface area contributed by atoms with Crippen molar-refractivity contribution in [2.75, 3.05) is 0 Å². The summed E-state index contributed by atoms with van der Waals surface area (Å²) in [5.41, 5.74) is 0.486. The third-order valence-electron chi connectivity index (χ3n) is 1.67. The molecule has 0 saturated carbocycles. The number of hydrogen-bond acceptors (Lipinski definition) is 4. The smallest absolute Gasteiger partial charge is 0.211 e. The molecule has 2 rings (SSSR count). The Morgan fingerprint density at radius 3 is 2.69 bits per heavy atom. The van der Waals surface area contributed by atoms with Gasteiger partial charge in [0, 0.05) is 6.07 Å². The average molecular weight is 197 g/mol. The van der Waals surface area contributed by atoms with Crippen LogP contribution in [0.25, 0.3) is 10.9 Å². The standard InChI is InChI=1S/C8H5ClN2O2/c9-5-2-10-6-3-11-7(12)1-4(6)8(5)13/h1-3H,(H,10,13)(H,11,12). The minimum absolute atomic E-state index is 0.0932. The summed E-state index contributed by atoms with van der Waals surface area (Å²) >= 11 is 5.63. The number of aromatic nitrogens is 2. The van der Waals surface area contributed by atoms with Gasteiger partial charge in [-0.3, -0.25) is 4.98 Å². The first-order chi connectivity index (χ1) is 6.18. The van der Waals surface area contributed by atoms with Crippen molar-refractivity contribution in [2.45, 2.75) is 0 Å². The van der Waals surface area contributed by atoms with Gasteiger partial charge in [0.25, 0.3) is 0 Å². The Morgan fingerprint density at radius 2 is 1.92 bits per heavy atom. The number of aromatic hydroxyl groups is 2. The highest BCUT2D eigenvalue weighted by atomic mass is 35.5. The molecule has 2 heterocycles. The summed E-state index contributed by atoms with van der Waals surface area (Å²) in [6.45, 7) is 0. The first-order valence-corrected chi connectivity index (χ1v) is 3.88. The molecule has 2 aromatic rings. The van der Waals surface area contributed by atoms with Crippen molar-refractivity contribution < 1.29 is 10.2 Å². The molecule has 4 nitrogen and oxygen atoms in total. The van der Waals surface area contributed by atoms with E-state index in [2.05, 4.69) is 9.97 Å². The Kier molecular flexibility index (Phi) is 1.70. The van der Waals surface area contributed by atoms with Gasteiger partial charge in [0.15, 0.2) is 0 Å². The highest BCUT2D eigenvalue weighted by Crippen LogP contribution is 2.31. The van der Waals surface area contributed by atoms with Gasteiger partial charge in [-0.1, -0.05) is 11.6 Å². The summed E-state index contributed by atoms with van der Waals surface area (Å²) in [5.74, 6) is -0.267. The summed E-state index contributed by atoms with van der Waals surface area (Å²) in [6.07, 6.45) is 2.69. The average Bonchev–Trinajstić information content (AvgIpc) is 2.12. The molecule has 0 radical (unpaired) electrons. The Hall–Kier alpha value is -1.55. The summed E-state index contributed by atoms with van der Waals surface area (Å²) < 4.78 is 0.